The van der Waals surface area contributed by atoms with Gasteiger partial charge in [0.15, 0.2) is 5.82 Å². The molecular weight excluding hydrogens is 232 g/mol. The molecular formula is C9H13BrN2O. The third-order valence-electron chi connectivity index (χ3n) is 1.71. The second-order valence-electron chi connectivity index (χ2n) is 4.03. The van der Waals surface area contributed by atoms with Gasteiger partial charge in [0, 0.05) is 12.4 Å². The van der Waals surface area contributed by atoms with Gasteiger partial charge in [0.2, 0.25) is 0 Å². The molecule has 0 bridgehead atoms. The predicted octanol–water partition coefficient (Wildman–Crippen LogP) is 2.32. The van der Waals surface area contributed by atoms with E-state index in [-0.39, 0.29) is 5.41 Å². The third-order valence-corrected chi connectivity index (χ3v) is 2.11. The van der Waals surface area contributed by atoms with Crippen LogP contribution in [0.3, 0.4) is 0 Å². The average molecular weight is 245 g/mol. The predicted molar refractivity (Wildman–Crippen MR) is 54.1 cm³/mol. The van der Waals surface area contributed by atoms with Crippen molar-refractivity contribution in [2.24, 2.45) is 5.41 Å². The molecule has 3 nitrogen and oxygen atoms in total. The van der Waals surface area contributed by atoms with Crippen LogP contribution in [0.1, 0.15) is 32.7 Å². The van der Waals surface area contributed by atoms with Crippen LogP contribution in [0.15, 0.2) is 16.9 Å². The van der Waals surface area contributed by atoms with Gasteiger partial charge in [-0.25, -0.2) is 9.97 Å². The Morgan fingerprint density at radius 1 is 1.31 bits per heavy atom. The molecule has 13 heavy (non-hydrogen) atoms. The van der Waals surface area contributed by atoms with E-state index >= 15 is 0 Å². The number of aliphatic hydroxyl groups excluding tert-OH is 1. The van der Waals surface area contributed by atoms with E-state index in [0.717, 1.165) is 4.47 Å². The Morgan fingerprint density at radius 3 is 2.15 bits per heavy atom. The number of rotatable bonds is 1. The van der Waals surface area contributed by atoms with Crippen molar-refractivity contribution in [1.29, 1.82) is 0 Å². The first-order chi connectivity index (χ1) is 5.91. The SMILES string of the molecule is CC(C)(C)C(O)c1ncc(Br)cn1. The van der Waals surface area contributed by atoms with Gasteiger partial charge in [-0.2, -0.15) is 0 Å². The quantitative estimate of drug-likeness (QED) is 0.825. The van der Waals surface area contributed by atoms with Gasteiger partial charge in [-0.05, 0) is 21.3 Å². The third kappa shape index (κ3) is 2.74. The average Bonchev–Trinajstić information content (AvgIpc) is 2.03. The summed E-state index contributed by atoms with van der Waals surface area (Å²) >= 11 is 3.24. The lowest BCUT2D eigenvalue weighted by molar-refractivity contribution is 0.0548. The van der Waals surface area contributed by atoms with Crippen LogP contribution in [0.25, 0.3) is 0 Å². The summed E-state index contributed by atoms with van der Waals surface area (Å²) in [5.41, 5.74) is -0.228. The standard InChI is InChI=1S/C9H13BrN2O/c1-9(2,3)7(13)8-11-4-6(10)5-12-8/h4-5,7,13H,1-3H3. The van der Waals surface area contributed by atoms with Gasteiger partial charge in [0.1, 0.15) is 6.10 Å². The van der Waals surface area contributed by atoms with Gasteiger partial charge in [-0.1, -0.05) is 20.8 Å². The highest BCUT2D eigenvalue weighted by Crippen LogP contribution is 2.30. The fourth-order valence-corrected chi connectivity index (χ4v) is 1.06. The van der Waals surface area contributed by atoms with Gasteiger partial charge in [0.25, 0.3) is 0 Å². The fourth-order valence-electron chi connectivity index (χ4n) is 0.851. The zero-order valence-electron chi connectivity index (χ0n) is 7.95. The lowest BCUT2D eigenvalue weighted by Crippen LogP contribution is -2.19. The molecule has 0 saturated carbocycles. The number of hydrogen-bond donors (Lipinski definition) is 1. The fraction of sp³-hybridized carbons (Fsp3) is 0.556. The van der Waals surface area contributed by atoms with Crippen LogP contribution < -0.4 is 0 Å². The van der Waals surface area contributed by atoms with Gasteiger partial charge in [-0.15, -0.1) is 0 Å². The van der Waals surface area contributed by atoms with Crippen LogP contribution in [0.5, 0.6) is 0 Å². The van der Waals surface area contributed by atoms with Gasteiger partial charge in [0.05, 0.1) is 4.47 Å². The minimum Gasteiger partial charge on any atom is -0.385 e. The van der Waals surface area contributed by atoms with Crippen molar-refractivity contribution in [3.63, 3.8) is 0 Å². The highest BCUT2D eigenvalue weighted by Gasteiger charge is 2.25. The summed E-state index contributed by atoms with van der Waals surface area (Å²) in [6.45, 7) is 5.84. The first-order valence-electron chi connectivity index (χ1n) is 4.07. The summed E-state index contributed by atoms with van der Waals surface area (Å²) in [6.07, 6.45) is 2.65. The molecule has 1 N–H and O–H groups in total. The van der Waals surface area contributed by atoms with E-state index in [1.807, 2.05) is 20.8 Å². The highest BCUT2D eigenvalue weighted by atomic mass is 79.9. The summed E-state index contributed by atoms with van der Waals surface area (Å²) in [5.74, 6) is 0.468. The van der Waals surface area contributed by atoms with Gasteiger partial charge in [-0.3, -0.25) is 0 Å². The molecule has 1 heterocycles. The Balaban J connectivity index is 2.90. The van der Waals surface area contributed by atoms with Crippen molar-refractivity contribution < 1.29 is 5.11 Å². The Bertz CT molecular complexity index is 279. The van der Waals surface area contributed by atoms with Crippen LogP contribution in [-0.2, 0) is 0 Å². The molecule has 0 amide bonds. The van der Waals surface area contributed by atoms with E-state index in [1.165, 1.54) is 0 Å². The van der Waals surface area contributed by atoms with Crippen molar-refractivity contribution in [2.45, 2.75) is 26.9 Å². The van der Waals surface area contributed by atoms with Gasteiger partial charge >= 0.3 is 0 Å². The summed E-state index contributed by atoms with van der Waals surface area (Å²) in [5, 5.41) is 9.81. The van der Waals surface area contributed by atoms with Crippen LogP contribution in [-0.4, -0.2) is 15.1 Å². The Kier molecular flexibility index (Phi) is 3.03. The largest absolute Gasteiger partial charge is 0.385 e. The van der Waals surface area contributed by atoms with Crippen LogP contribution in [0, 0.1) is 5.41 Å². The van der Waals surface area contributed by atoms with E-state index in [9.17, 15) is 5.11 Å². The summed E-state index contributed by atoms with van der Waals surface area (Å²) < 4.78 is 0.817. The number of nitrogens with zero attached hydrogens (tertiary/aromatic N) is 2. The number of aromatic nitrogens is 2. The number of aliphatic hydroxyl groups is 1. The molecule has 0 spiro atoms. The van der Waals surface area contributed by atoms with E-state index in [2.05, 4.69) is 25.9 Å². The molecule has 0 aliphatic carbocycles. The van der Waals surface area contributed by atoms with Gasteiger partial charge < -0.3 is 5.11 Å². The monoisotopic (exact) mass is 244 g/mol. The zero-order valence-corrected chi connectivity index (χ0v) is 9.54. The Hall–Kier alpha value is -0.480. The lowest BCUT2D eigenvalue weighted by Gasteiger charge is -2.24. The molecule has 1 aromatic heterocycles. The first kappa shape index (κ1) is 10.6. The molecule has 1 aromatic rings. The van der Waals surface area contributed by atoms with Crippen molar-refractivity contribution in [3.05, 3.63) is 22.7 Å². The normalized spacial score (nSPS) is 14.2. The second-order valence-corrected chi connectivity index (χ2v) is 4.94. The minimum atomic E-state index is -0.624. The van der Waals surface area contributed by atoms with Crippen molar-refractivity contribution in [2.75, 3.05) is 0 Å². The molecule has 0 aromatic carbocycles. The molecule has 1 atom stereocenters. The van der Waals surface area contributed by atoms with E-state index in [4.69, 9.17) is 0 Å². The van der Waals surface area contributed by atoms with E-state index in [1.54, 1.807) is 12.4 Å². The first-order valence-corrected chi connectivity index (χ1v) is 4.86. The number of hydrogen-bond acceptors (Lipinski definition) is 3. The Labute approximate surface area is 86.4 Å². The molecule has 4 heteroatoms. The van der Waals surface area contributed by atoms with Crippen LogP contribution in [0.2, 0.25) is 0 Å². The van der Waals surface area contributed by atoms with Crippen LogP contribution >= 0.6 is 15.9 Å². The smallest absolute Gasteiger partial charge is 0.157 e. The maximum absolute atomic E-state index is 9.81. The molecule has 0 saturated heterocycles. The van der Waals surface area contributed by atoms with E-state index in [0.29, 0.717) is 5.82 Å². The van der Waals surface area contributed by atoms with E-state index < -0.39 is 6.10 Å². The molecule has 0 aliphatic heterocycles. The van der Waals surface area contributed by atoms with Crippen LogP contribution in [0.4, 0.5) is 0 Å². The summed E-state index contributed by atoms with van der Waals surface area (Å²) in [7, 11) is 0. The molecule has 1 unspecified atom stereocenters. The Morgan fingerprint density at radius 2 is 1.77 bits per heavy atom. The highest BCUT2D eigenvalue weighted by molar-refractivity contribution is 9.10. The van der Waals surface area contributed by atoms with Crippen molar-refractivity contribution in [1.82, 2.24) is 9.97 Å². The molecule has 0 aliphatic rings. The molecule has 72 valence electrons. The lowest BCUT2D eigenvalue weighted by atomic mass is 9.89. The topological polar surface area (TPSA) is 46.0 Å². The molecule has 0 fully saturated rings. The molecule has 1 rings (SSSR count). The second kappa shape index (κ2) is 3.72. The molecule has 0 radical (unpaired) electrons. The number of halogens is 1. The maximum atomic E-state index is 9.81. The van der Waals surface area contributed by atoms with Crippen molar-refractivity contribution in [3.8, 4) is 0 Å². The van der Waals surface area contributed by atoms with Crippen molar-refractivity contribution >= 4 is 15.9 Å². The summed E-state index contributed by atoms with van der Waals surface area (Å²) in [6, 6.07) is 0. The zero-order chi connectivity index (χ0) is 10.1. The maximum Gasteiger partial charge on any atom is 0.157 e. The summed E-state index contributed by atoms with van der Waals surface area (Å²) in [4.78, 5) is 8.07. The minimum absolute atomic E-state index is 0.228.